The fourth-order valence-corrected chi connectivity index (χ4v) is 6.00. The zero-order chi connectivity index (χ0) is 25.8. The van der Waals surface area contributed by atoms with E-state index in [-0.39, 0.29) is 48.1 Å². The highest BCUT2D eigenvalue weighted by atomic mass is 19.4. The Morgan fingerprint density at radius 2 is 1.95 bits per heavy atom. The summed E-state index contributed by atoms with van der Waals surface area (Å²) in [5.41, 5.74) is -0.914. The van der Waals surface area contributed by atoms with Gasteiger partial charge in [0, 0.05) is 38.9 Å². The van der Waals surface area contributed by atoms with E-state index < -0.39 is 11.7 Å². The molecule has 0 aliphatic carbocycles. The van der Waals surface area contributed by atoms with Crippen LogP contribution in [0.3, 0.4) is 0 Å². The van der Waals surface area contributed by atoms with E-state index in [1.807, 2.05) is 0 Å². The van der Waals surface area contributed by atoms with Crippen LogP contribution in [0.4, 0.5) is 23.7 Å². The predicted molar refractivity (Wildman–Crippen MR) is 125 cm³/mol. The number of hydrogen-bond acceptors (Lipinski definition) is 6. The highest BCUT2D eigenvalue weighted by Gasteiger charge is 2.48. The number of carbonyl (C=O) groups is 2. The summed E-state index contributed by atoms with van der Waals surface area (Å²) >= 11 is 0. The number of benzene rings is 1. The molecule has 6 rings (SSSR count). The zero-order valence-corrected chi connectivity index (χ0v) is 20.5. The third-order valence-electron chi connectivity index (χ3n) is 8.02. The van der Waals surface area contributed by atoms with E-state index in [4.69, 9.17) is 14.2 Å². The van der Waals surface area contributed by atoms with Gasteiger partial charge in [-0.2, -0.15) is 13.2 Å². The van der Waals surface area contributed by atoms with Gasteiger partial charge in [-0.05, 0) is 37.8 Å². The number of rotatable bonds is 3. The standard InChI is InChI=1S/C25H31F3N4O5/c26-25(27,28)18-4-3-16(9-20(18)32-14-24(15-32)6-1-2-8-36-24)37-17-10-31(11-17)23(34)30-7-5-21-19(12-30)29-22(33)13-35-21/h3-4,9,17,19,21H,1-2,5-8,10-15H2,(H,29,33)/t19-,21?/m1/s1. The lowest BCUT2D eigenvalue weighted by atomic mass is 9.85. The Balaban J connectivity index is 1.06. The Labute approximate surface area is 212 Å². The van der Waals surface area contributed by atoms with Crippen LogP contribution in [0.25, 0.3) is 0 Å². The van der Waals surface area contributed by atoms with Crippen molar-refractivity contribution in [2.45, 2.75) is 55.7 Å². The monoisotopic (exact) mass is 524 g/mol. The smallest absolute Gasteiger partial charge is 0.418 e. The van der Waals surface area contributed by atoms with Gasteiger partial charge in [0.15, 0.2) is 0 Å². The van der Waals surface area contributed by atoms with E-state index in [1.54, 1.807) is 14.7 Å². The quantitative estimate of drug-likeness (QED) is 0.653. The summed E-state index contributed by atoms with van der Waals surface area (Å²) in [4.78, 5) is 29.6. The molecule has 37 heavy (non-hydrogen) atoms. The third kappa shape index (κ3) is 4.81. The number of nitrogens with zero attached hydrogens (tertiary/aromatic N) is 3. The second kappa shape index (κ2) is 9.23. The van der Waals surface area contributed by atoms with Crippen molar-refractivity contribution in [2.75, 3.05) is 57.4 Å². The van der Waals surface area contributed by atoms with E-state index in [2.05, 4.69) is 5.32 Å². The van der Waals surface area contributed by atoms with Gasteiger partial charge in [-0.1, -0.05) is 0 Å². The van der Waals surface area contributed by atoms with E-state index in [0.29, 0.717) is 58.0 Å². The van der Waals surface area contributed by atoms with E-state index in [9.17, 15) is 22.8 Å². The minimum atomic E-state index is -4.47. The summed E-state index contributed by atoms with van der Waals surface area (Å²) in [6.45, 7) is 3.22. The fraction of sp³-hybridized carbons (Fsp3) is 0.680. The van der Waals surface area contributed by atoms with Crippen molar-refractivity contribution < 1.29 is 37.0 Å². The first-order valence-corrected chi connectivity index (χ1v) is 12.9. The number of fused-ring (bicyclic) bond motifs is 1. The molecular formula is C25H31F3N4O5. The van der Waals surface area contributed by atoms with Crippen molar-refractivity contribution in [1.82, 2.24) is 15.1 Å². The molecule has 9 nitrogen and oxygen atoms in total. The number of ether oxygens (including phenoxy) is 3. The van der Waals surface area contributed by atoms with Crippen molar-refractivity contribution in [3.05, 3.63) is 23.8 Å². The van der Waals surface area contributed by atoms with Crippen LogP contribution < -0.4 is 15.0 Å². The molecule has 0 saturated carbocycles. The topological polar surface area (TPSA) is 83.6 Å². The number of hydrogen-bond donors (Lipinski definition) is 1. The fourth-order valence-electron chi connectivity index (χ4n) is 6.00. The first-order chi connectivity index (χ1) is 17.7. The average Bonchev–Trinajstić information content (AvgIpc) is 2.83. The number of alkyl halides is 3. The second-order valence-corrected chi connectivity index (χ2v) is 10.7. The molecule has 5 aliphatic rings. The highest BCUT2D eigenvalue weighted by Crippen LogP contribution is 2.44. The minimum absolute atomic E-state index is 0.0539. The number of piperidine rings is 1. The lowest BCUT2D eigenvalue weighted by molar-refractivity contribution is -0.140. The molecule has 1 N–H and O–H groups in total. The van der Waals surface area contributed by atoms with Crippen LogP contribution in [0.1, 0.15) is 31.2 Å². The molecule has 0 bridgehead atoms. The molecule has 202 valence electrons. The van der Waals surface area contributed by atoms with Crippen molar-refractivity contribution in [2.24, 2.45) is 0 Å². The van der Waals surface area contributed by atoms with Gasteiger partial charge in [0.2, 0.25) is 5.91 Å². The molecule has 5 fully saturated rings. The summed E-state index contributed by atoms with van der Waals surface area (Å²) in [5, 5.41) is 2.88. The first kappa shape index (κ1) is 24.6. The molecular weight excluding hydrogens is 493 g/mol. The van der Waals surface area contributed by atoms with Crippen molar-refractivity contribution in [1.29, 1.82) is 0 Å². The minimum Gasteiger partial charge on any atom is -0.487 e. The van der Waals surface area contributed by atoms with Gasteiger partial charge in [-0.3, -0.25) is 4.79 Å². The van der Waals surface area contributed by atoms with Gasteiger partial charge >= 0.3 is 12.2 Å². The number of morpholine rings is 1. The number of likely N-dealkylation sites (tertiary alicyclic amines) is 2. The molecule has 5 saturated heterocycles. The highest BCUT2D eigenvalue weighted by molar-refractivity contribution is 5.79. The average molecular weight is 525 g/mol. The van der Waals surface area contributed by atoms with Gasteiger partial charge < -0.3 is 34.2 Å². The maximum Gasteiger partial charge on any atom is 0.418 e. The van der Waals surface area contributed by atoms with Crippen LogP contribution in [0.15, 0.2) is 18.2 Å². The van der Waals surface area contributed by atoms with Gasteiger partial charge in [0.05, 0.1) is 36.5 Å². The van der Waals surface area contributed by atoms with Crippen molar-refractivity contribution in [3.8, 4) is 5.75 Å². The summed E-state index contributed by atoms with van der Waals surface area (Å²) in [6.07, 6.45) is -1.31. The maximum absolute atomic E-state index is 13.7. The van der Waals surface area contributed by atoms with Crippen LogP contribution in [0.5, 0.6) is 5.75 Å². The largest absolute Gasteiger partial charge is 0.487 e. The molecule has 1 spiro atoms. The summed E-state index contributed by atoms with van der Waals surface area (Å²) in [7, 11) is 0. The van der Waals surface area contributed by atoms with E-state index in [1.165, 1.54) is 12.1 Å². The molecule has 12 heteroatoms. The normalized spacial score (nSPS) is 27.8. The Hall–Kier alpha value is -2.73. The Morgan fingerprint density at radius 1 is 1.14 bits per heavy atom. The molecule has 5 heterocycles. The molecule has 0 aromatic heterocycles. The van der Waals surface area contributed by atoms with Gasteiger partial charge in [0.1, 0.15) is 24.1 Å². The first-order valence-electron chi connectivity index (χ1n) is 12.9. The molecule has 1 aromatic carbocycles. The SMILES string of the molecule is O=C1COC2CCN(C(=O)N3CC(Oc4ccc(C(F)(F)F)c(N5CC6(CCCCO6)C5)c4)C3)C[C@H]2N1. The Bertz CT molecular complexity index is 1050. The summed E-state index contributed by atoms with van der Waals surface area (Å²) in [5.74, 6) is 0.178. The summed E-state index contributed by atoms with van der Waals surface area (Å²) < 4.78 is 58.6. The molecule has 5 aliphatic heterocycles. The number of carbonyl (C=O) groups excluding carboxylic acids is 2. The number of amides is 3. The Kier molecular flexibility index (Phi) is 6.14. The van der Waals surface area contributed by atoms with Gasteiger partial charge in [-0.15, -0.1) is 0 Å². The van der Waals surface area contributed by atoms with Gasteiger partial charge in [-0.25, -0.2) is 4.79 Å². The molecule has 2 atom stereocenters. The zero-order valence-electron chi connectivity index (χ0n) is 20.5. The third-order valence-corrected chi connectivity index (χ3v) is 8.02. The van der Waals surface area contributed by atoms with Crippen molar-refractivity contribution in [3.63, 3.8) is 0 Å². The van der Waals surface area contributed by atoms with Crippen molar-refractivity contribution >= 4 is 17.6 Å². The van der Waals surface area contributed by atoms with E-state index >= 15 is 0 Å². The van der Waals surface area contributed by atoms with Crippen LogP contribution >= 0.6 is 0 Å². The number of halogens is 3. The van der Waals surface area contributed by atoms with Crippen LogP contribution in [0, 0.1) is 0 Å². The summed E-state index contributed by atoms with van der Waals surface area (Å²) in [6, 6.07) is 3.53. The van der Waals surface area contributed by atoms with Crippen LogP contribution in [-0.4, -0.2) is 98.1 Å². The van der Waals surface area contributed by atoms with Crippen LogP contribution in [0.2, 0.25) is 0 Å². The number of urea groups is 1. The maximum atomic E-state index is 13.7. The molecule has 1 aromatic rings. The van der Waals surface area contributed by atoms with E-state index in [0.717, 1.165) is 25.3 Å². The van der Waals surface area contributed by atoms with Crippen LogP contribution in [-0.2, 0) is 20.4 Å². The number of nitrogens with one attached hydrogen (secondary N) is 1. The number of anilines is 1. The van der Waals surface area contributed by atoms with Gasteiger partial charge in [0.25, 0.3) is 0 Å². The molecule has 0 radical (unpaired) electrons. The lowest BCUT2D eigenvalue weighted by Gasteiger charge is -2.53. The molecule has 1 unspecified atom stereocenters. The lowest BCUT2D eigenvalue weighted by Crippen LogP contribution is -2.65. The predicted octanol–water partition coefficient (Wildman–Crippen LogP) is 2.24. The second-order valence-electron chi connectivity index (χ2n) is 10.7. The molecule has 3 amide bonds. The Morgan fingerprint density at radius 3 is 2.68 bits per heavy atom.